The summed E-state index contributed by atoms with van der Waals surface area (Å²) in [5.74, 6) is 1.65. The fourth-order valence-electron chi connectivity index (χ4n) is 4.01. The number of para-hydroxylation sites is 1. The molecule has 0 aliphatic heterocycles. The van der Waals surface area contributed by atoms with E-state index in [2.05, 4.69) is 67.2 Å². The number of hydrogen-bond donors (Lipinski definition) is 2. The number of benzene rings is 2. The van der Waals surface area contributed by atoms with Crippen LogP contribution in [0.15, 0.2) is 57.7 Å². The van der Waals surface area contributed by atoms with Gasteiger partial charge in [-0.3, -0.25) is 4.79 Å². The summed E-state index contributed by atoms with van der Waals surface area (Å²) in [6.07, 6.45) is 1.09. The fourth-order valence-corrected chi connectivity index (χ4v) is 4.01. The maximum Gasteiger partial charge on any atom is 0.294 e. The molecule has 2 aromatic heterocycles. The van der Waals surface area contributed by atoms with E-state index in [0.29, 0.717) is 35.3 Å². The summed E-state index contributed by atoms with van der Waals surface area (Å²) in [6.45, 7) is 9.34. The van der Waals surface area contributed by atoms with Crippen molar-refractivity contribution in [2.75, 3.05) is 0 Å². The quantitative estimate of drug-likeness (QED) is 0.436. The average molecular weight is 404 g/mol. The smallest absolute Gasteiger partial charge is 0.294 e. The number of aromatic amines is 1. The van der Waals surface area contributed by atoms with E-state index in [4.69, 9.17) is 4.42 Å². The van der Waals surface area contributed by atoms with Gasteiger partial charge in [-0.2, -0.15) is 0 Å². The summed E-state index contributed by atoms with van der Waals surface area (Å²) < 4.78 is 5.68. The third kappa shape index (κ3) is 4.17. The Balaban J connectivity index is 1.57. The van der Waals surface area contributed by atoms with Crippen LogP contribution in [0.4, 0.5) is 0 Å². The Morgan fingerprint density at radius 3 is 2.47 bits per heavy atom. The Labute approximate surface area is 176 Å². The Morgan fingerprint density at radius 2 is 1.77 bits per heavy atom. The maximum atomic E-state index is 12.5. The fraction of sp³-hybridized carbons (Fsp3) is 0.360. The topological polar surface area (TPSA) is 70.9 Å². The van der Waals surface area contributed by atoms with Crippen molar-refractivity contribution in [1.82, 2.24) is 15.3 Å². The van der Waals surface area contributed by atoms with Crippen molar-refractivity contribution in [3.63, 3.8) is 0 Å². The van der Waals surface area contributed by atoms with Gasteiger partial charge in [-0.05, 0) is 41.5 Å². The number of furan rings is 1. The van der Waals surface area contributed by atoms with Crippen LogP contribution in [0.1, 0.15) is 50.7 Å². The van der Waals surface area contributed by atoms with Gasteiger partial charge in [-0.15, -0.1) is 0 Å². The van der Waals surface area contributed by atoms with Gasteiger partial charge < -0.3 is 14.7 Å². The molecule has 2 aromatic carbocycles. The standard InChI is InChI=1S/C25H29N3O2/c1-15(2)13-17-9-11-18(12-10-17)22(16(3)4)26-14-21-27-23-19-7-5-6-8-20(19)30-24(23)25(29)28-21/h5-12,15-16,22,26H,13-14H2,1-4H3,(H,27,28,29)/t22-/m1/s1. The molecule has 4 rings (SSSR count). The normalized spacial score (nSPS) is 13.0. The molecule has 2 heterocycles. The van der Waals surface area contributed by atoms with E-state index >= 15 is 0 Å². The van der Waals surface area contributed by atoms with Crippen molar-refractivity contribution < 1.29 is 4.42 Å². The predicted octanol–water partition coefficient (Wildman–Crippen LogP) is 5.35. The first-order valence-corrected chi connectivity index (χ1v) is 10.6. The zero-order valence-electron chi connectivity index (χ0n) is 18.0. The lowest BCUT2D eigenvalue weighted by Crippen LogP contribution is -2.27. The number of nitrogens with one attached hydrogen (secondary N) is 2. The molecule has 156 valence electrons. The van der Waals surface area contributed by atoms with E-state index in [1.165, 1.54) is 11.1 Å². The molecule has 0 radical (unpaired) electrons. The van der Waals surface area contributed by atoms with E-state index in [9.17, 15) is 4.79 Å². The summed E-state index contributed by atoms with van der Waals surface area (Å²) in [5, 5.41) is 4.44. The van der Waals surface area contributed by atoms with Gasteiger partial charge in [-0.25, -0.2) is 4.98 Å². The minimum Gasteiger partial charge on any atom is -0.449 e. The van der Waals surface area contributed by atoms with E-state index in [1.807, 2.05) is 24.3 Å². The summed E-state index contributed by atoms with van der Waals surface area (Å²) in [5.41, 5.74) is 3.94. The SMILES string of the molecule is CC(C)Cc1ccc([C@H](NCc2nc3c(oc4ccccc43)c(=O)[nH]2)C(C)C)cc1. The number of H-pyrrole nitrogens is 1. The van der Waals surface area contributed by atoms with E-state index in [0.717, 1.165) is 11.8 Å². The lowest BCUT2D eigenvalue weighted by molar-refractivity contribution is 0.406. The Hall–Kier alpha value is -2.92. The molecule has 0 aliphatic rings. The average Bonchev–Trinajstić information content (AvgIpc) is 3.08. The predicted molar refractivity (Wildman–Crippen MR) is 122 cm³/mol. The first kappa shape index (κ1) is 20.4. The Bertz CT molecular complexity index is 1200. The molecular weight excluding hydrogens is 374 g/mol. The summed E-state index contributed by atoms with van der Waals surface area (Å²) in [6, 6.07) is 16.6. The van der Waals surface area contributed by atoms with Gasteiger partial charge in [0.2, 0.25) is 5.58 Å². The molecule has 5 nitrogen and oxygen atoms in total. The number of hydrogen-bond acceptors (Lipinski definition) is 4. The first-order valence-electron chi connectivity index (χ1n) is 10.6. The molecule has 0 aliphatic carbocycles. The molecule has 0 saturated carbocycles. The monoisotopic (exact) mass is 403 g/mol. The summed E-state index contributed by atoms with van der Waals surface area (Å²) in [4.78, 5) is 20.1. The van der Waals surface area contributed by atoms with Crippen LogP contribution in [-0.4, -0.2) is 9.97 Å². The van der Waals surface area contributed by atoms with Gasteiger partial charge in [-0.1, -0.05) is 64.1 Å². The van der Waals surface area contributed by atoms with E-state index < -0.39 is 0 Å². The van der Waals surface area contributed by atoms with Gasteiger partial charge in [0.1, 0.15) is 16.9 Å². The van der Waals surface area contributed by atoms with Crippen molar-refractivity contribution in [3.8, 4) is 0 Å². The zero-order chi connectivity index (χ0) is 21.3. The molecule has 30 heavy (non-hydrogen) atoms. The van der Waals surface area contributed by atoms with Crippen LogP contribution in [0.3, 0.4) is 0 Å². The highest BCUT2D eigenvalue weighted by Crippen LogP contribution is 2.25. The van der Waals surface area contributed by atoms with Crippen LogP contribution in [-0.2, 0) is 13.0 Å². The molecule has 0 saturated heterocycles. The van der Waals surface area contributed by atoms with Gasteiger partial charge in [0.15, 0.2) is 0 Å². The number of fused-ring (bicyclic) bond motifs is 3. The molecule has 1 atom stereocenters. The lowest BCUT2D eigenvalue weighted by Gasteiger charge is -2.23. The largest absolute Gasteiger partial charge is 0.449 e. The summed E-state index contributed by atoms with van der Waals surface area (Å²) >= 11 is 0. The van der Waals surface area contributed by atoms with Crippen LogP contribution in [0.5, 0.6) is 0 Å². The van der Waals surface area contributed by atoms with Gasteiger partial charge in [0, 0.05) is 11.4 Å². The molecule has 5 heteroatoms. The second-order valence-electron chi connectivity index (χ2n) is 8.73. The van der Waals surface area contributed by atoms with E-state index in [-0.39, 0.29) is 17.2 Å². The molecule has 0 fully saturated rings. The van der Waals surface area contributed by atoms with Crippen molar-refractivity contribution in [2.45, 2.75) is 46.7 Å². The number of rotatable bonds is 7. The van der Waals surface area contributed by atoms with Crippen LogP contribution in [0, 0.1) is 11.8 Å². The highest BCUT2D eigenvalue weighted by molar-refractivity contribution is 6.01. The lowest BCUT2D eigenvalue weighted by atomic mass is 9.94. The second kappa shape index (κ2) is 8.44. The Morgan fingerprint density at radius 1 is 1.03 bits per heavy atom. The third-order valence-corrected chi connectivity index (χ3v) is 5.42. The van der Waals surface area contributed by atoms with Crippen molar-refractivity contribution >= 4 is 22.1 Å². The van der Waals surface area contributed by atoms with Gasteiger partial charge >= 0.3 is 0 Å². The van der Waals surface area contributed by atoms with Crippen LogP contribution in [0.25, 0.3) is 22.1 Å². The molecule has 0 amide bonds. The van der Waals surface area contributed by atoms with Gasteiger partial charge in [0.25, 0.3) is 5.56 Å². The molecule has 0 spiro atoms. The van der Waals surface area contributed by atoms with Crippen molar-refractivity contribution in [1.29, 1.82) is 0 Å². The Kier molecular flexibility index (Phi) is 5.73. The molecule has 2 N–H and O–H groups in total. The summed E-state index contributed by atoms with van der Waals surface area (Å²) in [7, 11) is 0. The first-order chi connectivity index (χ1) is 14.4. The third-order valence-electron chi connectivity index (χ3n) is 5.42. The van der Waals surface area contributed by atoms with E-state index in [1.54, 1.807) is 0 Å². The van der Waals surface area contributed by atoms with Gasteiger partial charge in [0.05, 0.1) is 6.54 Å². The zero-order valence-corrected chi connectivity index (χ0v) is 18.0. The van der Waals surface area contributed by atoms with Crippen molar-refractivity contribution in [2.24, 2.45) is 11.8 Å². The highest BCUT2D eigenvalue weighted by atomic mass is 16.3. The van der Waals surface area contributed by atoms with Crippen LogP contribution in [0.2, 0.25) is 0 Å². The number of aromatic nitrogens is 2. The van der Waals surface area contributed by atoms with Crippen molar-refractivity contribution in [3.05, 3.63) is 75.8 Å². The molecule has 0 unspecified atom stereocenters. The van der Waals surface area contributed by atoms with Crippen LogP contribution < -0.4 is 10.9 Å². The number of nitrogens with zero attached hydrogens (tertiary/aromatic N) is 1. The minimum absolute atomic E-state index is 0.167. The second-order valence-corrected chi connectivity index (χ2v) is 8.73. The highest BCUT2D eigenvalue weighted by Gasteiger charge is 2.17. The minimum atomic E-state index is -0.243. The molecule has 4 aromatic rings. The maximum absolute atomic E-state index is 12.5. The molecule has 0 bridgehead atoms. The van der Waals surface area contributed by atoms with Crippen LogP contribution >= 0.6 is 0 Å². The molecular formula is C25H29N3O2.